The van der Waals surface area contributed by atoms with Gasteiger partial charge in [-0.25, -0.2) is 9.18 Å². The Morgan fingerprint density at radius 1 is 1.00 bits per heavy atom. The summed E-state index contributed by atoms with van der Waals surface area (Å²) >= 11 is 0. The smallest absolute Gasteiger partial charge is 0.338 e. The molecule has 0 aliphatic heterocycles. The first-order chi connectivity index (χ1) is 13.0. The van der Waals surface area contributed by atoms with Gasteiger partial charge in [0.2, 0.25) is 0 Å². The molecule has 27 heavy (non-hydrogen) atoms. The van der Waals surface area contributed by atoms with Crippen LogP contribution in [-0.4, -0.2) is 38.1 Å². The Bertz CT molecular complexity index is 741. The summed E-state index contributed by atoms with van der Waals surface area (Å²) in [6, 6.07) is 13.2. The number of benzene rings is 2. The number of esters is 1. The maximum atomic E-state index is 12.8. The van der Waals surface area contributed by atoms with E-state index in [1.807, 2.05) is 12.1 Å². The van der Waals surface area contributed by atoms with E-state index < -0.39 is 5.97 Å². The molecule has 1 amide bonds. The van der Waals surface area contributed by atoms with Crippen LogP contribution in [0.1, 0.15) is 29.8 Å². The van der Waals surface area contributed by atoms with Gasteiger partial charge < -0.3 is 15.0 Å². The summed E-state index contributed by atoms with van der Waals surface area (Å²) in [7, 11) is 0. The molecule has 0 aliphatic carbocycles. The summed E-state index contributed by atoms with van der Waals surface area (Å²) in [5.74, 6) is -1.19. The molecule has 0 heterocycles. The molecule has 0 radical (unpaired) electrons. The summed E-state index contributed by atoms with van der Waals surface area (Å²) in [6.07, 6.45) is 0.576. The number of ether oxygens (including phenoxy) is 1. The number of nitrogens with zero attached hydrogens (tertiary/aromatic N) is 1. The fourth-order valence-corrected chi connectivity index (χ4v) is 2.66. The van der Waals surface area contributed by atoms with Gasteiger partial charge in [-0.1, -0.05) is 12.1 Å². The molecule has 2 rings (SSSR count). The number of anilines is 1. The Morgan fingerprint density at radius 2 is 1.63 bits per heavy atom. The van der Waals surface area contributed by atoms with E-state index in [1.165, 1.54) is 12.1 Å². The van der Waals surface area contributed by atoms with Gasteiger partial charge in [-0.2, -0.15) is 0 Å². The van der Waals surface area contributed by atoms with Crippen LogP contribution in [0.25, 0.3) is 0 Å². The largest absolute Gasteiger partial charge is 0.452 e. The van der Waals surface area contributed by atoms with Gasteiger partial charge in [0.25, 0.3) is 5.91 Å². The average Bonchev–Trinajstić information content (AvgIpc) is 2.69. The fourth-order valence-electron chi connectivity index (χ4n) is 2.66. The summed E-state index contributed by atoms with van der Waals surface area (Å²) < 4.78 is 17.9. The SMILES string of the molecule is CCN(CC)c1ccc(C(=O)OCC(=O)NCCc2ccc(F)cc2)cc1. The number of halogens is 1. The van der Waals surface area contributed by atoms with E-state index in [0.29, 0.717) is 18.5 Å². The van der Waals surface area contributed by atoms with Crippen LogP contribution >= 0.6 is 0 Å². The van der Waals surface area contributed by atoms with E-state index in [0.717, 1.165) is 24.3 Å². The van der Waals surface area contributed by atoms with Gasteiger partial charge >= 0.3 is 5.97 Å². The second-order valence-electron chi connectivity index (χ2n) is 6.02. The van der Waals surface area contributed by atoms with Crippen LogP contribution in [0.4, 0.5) is 10.1 Å². The highest BCUT2D eigenvalue weighted by molar-refractivity contribution is 5.91. The van der Waals surface area contributed by atoms with Crippen molar-refractivity contribution in [2.45, 2.75) is 20.3 Å². The van der Waals surface area contributed by atoms with Gasteiger partial charge in [0.05, 0.1) is 5.56 Å². The fraction of sp³-hybridized carbons (Fsp3) is 0.333. The Hall–Kier alpha value is -2.89. The van der Waals surface area contributed by atoms with Crippen molar-refractivity contribution >= 4 is 17.6 Å². The normalized spacial score (nSPS) is 10.3. The zero-order chi connectivity index (χ0) is 19.6. The first-order valence-corrected chi connectivity index (χ1v) is 9.06. The van der Waals surface area contributed by atoms with Crippen molar-refractivity contribution in [3.8, 4) is 0 Å². The van der Waals surface area contributed by atoms with Gasteiger partial charge in [-0.05, 0) is 62.2 Å². The van der Waals surface area contributed by atoms with Crippen LogP contribution in [0.2, 0.25) is 0 Å². The van der Waals surface area contributed by atoms with E-state index in [-0.39, 0.29) is 18.3 Å². The van der Waals surface area contributed by atoms with E-state index >= 15 is 0 Å². The quantitative estimate of drug-likeness (QED) is 0.687. The molecule has 6 heteroatoms. The van der Waals surface area contributed by atoms with Gasteiger partial charge in [0, 0.05) is 25.3 Å². The summed E-state index contributed by atoms with van der Waals surface area (Å²) in [4.78, 5) is 26.0. The molecule has 0 unspecified atom stereocenters. The number of hydrogen-bond acceptors (Lipinski definition) is 4. The van der Waals surface area contributed by atoms with Gasteiger partial charge in [0.15, 0.2) is 6.61 Å². The van der Waals surface area contributed by atoms with Crippen molar-refractivity contribution in [1.82, 2.24) is 5.32 Å². The number of rotatable bonds is 9. The monoisotopic (exact) mass is 372 g/mol. The maximum absolute atomic E-state index is 12.8. The number of carbonyl (C=O) groups excluding carboxylic acids is 2. The maximum Gasteiger partial charge on any atom is 0.338 e. The lowest BCUT2D eigenvalue weighted by Crippen LogP contribution is -2.30. The number of carbonyl (C=O) groups is 2. The van der Waals surface area contributed by atoms with E-state index in [9.17, 15) is 14.0 Å². The molecular weight excluding hydrogens is 347 g/mol. The third kappa shape index (κ3) is 6.40. The Kier molecular flexibility index (Phi) is 7.79. The third-order valence-electron chi connectivity index (χ3n) is 4.22. The molecule has 0 spiro atoms. The molecule has 0 atom stereocenters. The standard InChI is InChI=1S/C21H25FN2O3/c1-3-24(4-2)19-11-7-17(8-12-19)21(26)27-15-20(25)23-14-13-16-5-9-18(22)10-6-16/h5-12H,3-4,13-15H2,1-2H3,(H,23,25). The van der Waals surface area contributed by atoms with Crippen LogP contribution in [-0.2, 0) is 16.0 Å². The molecule has 1 N–H and O–H groups in total. The molecule has 144 valence electrons. The number of amides is 1. The van der Waals surface area contributed by atoms with Crippen LogP contribution in [0.3, 0.4) is 0 Å². The van der Waals surface area contributed by atoms with Crippen molar-refractivity contribution in [3.63, 3.8) is 0 Å². The molecule has 5 nitrogen and oxygen atoms in total. The molecule has 2 aromatic rings. The summed E-state index contributed by atoms with van der Waals surface area (Å²) in [5, 5.41) is 2.68. The Labute approximate surface area is 159 Å². The van der Waals surface area contributed by atoms with Crippen molar-refractivity contribution in [2.75, 3.05) is 31.1 Å². The summed E-state index contributed by atoms with van der Waals surface area (Å²) in [6.45, 7) is 5.97. The lowest BCUT2D eigenvalue weighted by atomic mass is 10.1. The van der Waals surface area contributed by atoms with Gasteiger partial charge in [0.1, 0.15) is 5.82 Å². The predicted molar refractivity (Wildman–Crippen MR) is 103 cm³/mol. The van der Waals surface area contributed by atoms with E-state index in [2.05, 4.69) is 24.1 Å². The number of hydrogen-bond donors (Lipinski definition) is 1. The highest BCUT2D eigenvalue weighted by atomic mass is 19.1. The predicted octanol–water partition coefficient (Wildman–Crippen LogP) is 3.19. The minimum absolute atomic E-state index is 0.292. The molecule has 0 saturated heterocycles. The van der Waals surface area contributed by atoms with Crippen molar-refractivity contribution < 1.29 is 18.7 Å². The molecule has 0 aromatic heterocycles. The highest BCUT2D eigenvalue weighted by Crippen LogP contribution is 2.15. The van der Waals surface area contributed by atoms with E-state index in [1.54, 1.807) is 24.3 Å². The lowest BCUT2D eigenvalue weighted by Gasteiger charge is -2.20. The molecule has 2 aromatic carbocycles. The van der Waals surface area contributed by atoms with Crippen molar-refractivity contribution in [3.05, 3.63) is 65.5 Å². The first-order valence-electron chi connectivity index (χ1n) is 9.06. The minimum Gasteiger partial charge on any atom is -0.452 e. The second-order valence-corrected chi connectivity index (χ2v) is 6.02. The van der Waals surface area contributed by atoms with Gasteiger partial charge in [-0.15, -0.1) is 0 Å². The van der Waals surface area contributed by atoms with Crippen molar-refractivity contribution in [1.29, 1.82) is 0 Å². The average molecular weight is 372 g/mol. The number of nitrogens with one attached hydrogen (secondary N) is 1. The Morgan fingerprint density at radius 3 is 2.22 bits per heavy atom. The van der Waals surface area contributed by atoms with Crippen LogP contribution in [0, 0.1) is 5.82 Å². The van der Waals surface area contributed by atoms with Gasteiger partial charge in [-0.3, -0.25) is 4.79 Å². The van der Waals surface area contributed by atoms with Crippen LogP contribution in [0.5, 0.6) is 0 Å². The summed E-state index contributed by atoms with van der Waals surface area (Å²) in [5.41, 5.74) is 2.36. The first kappa shape index (κ1) is 20.4. The molecule has 0 aliphatic rings. The second kappa shape index (κ2) is 10.3. The Balaban J connectivity index is 1.74. The third-order valence-corrected chi connectivity index (χ3v) is 4.22. The van der Waals surface area contributed by atoms with Crippen LogP contribution in [0.15, 0.2) is 48.5 Å². The molecule has 0 saturated carbocycles. The van der Waals surface area contributed by atoms with Crippen LogP contribution < -0.4 is 10.2 Å². The van der Waals surface area contributed by atoms with Crippen molar-refractivity contribution in [2.24, 2.45) is 0 Å². The van der Waals surface area contributed by atoms with E-state index in [4.69, 9.17) is 4.74 Å². The lowest BCUT2D eigenvalue weighted by molar-refractivity contribution is -0.124. The topological polar surface area (TPSA) is 58.6 Å². The minimum atomic E-state index is -0.533. The zero-order valence-electron chi connectivity index (χ0n) is 15.7. The molecular formula is C21H25FN2O3. The molecule has 0 fully saturated rings. The highest BCUT2D eigenvalue weighted by Gasteiger charge is 2.11. The molecule has 0 bridgehead atoms. The zero-order valence-corrected chi connectivity index (χ0v) is 15.7.